The van der Waals surface area contributed by atoms with E-state index < -0.39 is 0 Å². The van der Waals surface area contributed by atoms with Crippen LogP contribution in [0.4, 0.5) is 11.5 Å². The molecule has 6 nitrogen and oxygen atoms in total. The number of aliphatic hydroxyl groups is 1. The summed E-state index contributed by atoms with van der Waals surface area (Å²) in [5.74, 6) is 2.08. The number of ether oxygens (including phenoxy) is 2. The van der Waals surface area contributed by atoms with Crippen LogP contribution in [0.3, 0.4) is 0 Å². The van der Waals surface area contributed by atoms with Crippen LogP contribution in [0.25, 0.3) is 11.0 Å². The molecule has 0 radical (unpaired) electrons. The second-order valence-electron chi connectivity index (χ2n) is 5.66. The molecule has 1 atom stereocenters. The van der Waals surface area contributed by atoms with Gasteiger partial charge in [0.2, 0.25) is 0 Å². The van der Waals surface area contributed by atoms with Crippen molar-refractivity contribution in [3.63, 3.8) is 0 Å². The van der Waals surface area contributed by atoms with E-state index in [2.05, 4.69) is 15.3 Å². The average molecular weight is 323 g/mol. The van der Waals surface area contributed by atoms with Gasteiger partial charge < -0.3 is 19.9 Å². The van der Waals surface area contributed by atoms with E-state index in [0.29, 0.717) is 12.2 Å². The van der Waals surface area contributed by atoms with Gasteiger partial charge in [-0.1, -0.05) is 12.1 Å². The number of hydrogen-bond acceptors (Lipinski definition) is 6. The van der Waals surface area contributed by atoms with Crippen LogP contribution in [0.1, 0.15) is 5.56 Å². The summed E-state index contributed by atoms with van der Waals surface area (Å²) in [7, 11) is 1.63. The smallest absolute Gasteiger partial charge is 0.149 e. The molecule has 0 saturated carbocycles. The number of fused-ring (bicyclic) bond motifs is 2. The predicted molar refractivity (Wildman–Crippen MR) is 91.0 cm³/mol. The molecule has 1 aliphatic heterocycles. The van der Waals surface area contributed by atoms with Crippen molar-refractivity contribution in [2.75, 3.05) is 19.0 Å². The number of benzene rings is 2. The molecule has 122 valence electrons. The Kier molecular flexibility index (Phi) is 3.66. The first-order valence-corrected chi connectivity index (χ1v) is 7.74. The number of methoxy groups -OCH3 is 1. The van der Waals surface area contributed by atoms with Gasteiger partial charge in [-0.15, -0.1) is 0 Å². The fourth-order valence-corrected chi connectivity index (χ4v) is 2.87. The van der Waals surface area contributed by atoms with E-state index in [-0.39, 0.29) is 12.7 Å². The summed E-state index contributed by atoms with van der Waals surface area (Å²) in [6, 6.07) is 11.5. The Labute approximate surface area is 139 Å². The first-order chi connectivity index (χ1) is 11.8. The maximum atomic E-state index is 9.36. The number of para-hydroxylation sites is 2. The standard InChI is InChI=1S/C18H17N3O3/c1-23-12-6-11-7-13(10-22)24-18(11)16(8-12)21-17-9-19-14-4-2-3-5-15(14)20-17/h2-6,8-9,13,22H,7,10H2,1H3,(H,20,21). The molecule has 0 aliphatic carbocycles. The molecule has 2 aromatic carbocycles. The second-order valence-corrected chi connectivity index (χ2v) is 5.66. The summed E-state index contributed by atoms with van der Waals surface area (Å²) in [6.45, 7) is -0.0216. The molecular formula is C18H17N3O3. The molecule has 4 rings (SSSR count). The normalized spacial score (nSPS) is 15.8. The van der Waals surface area contributed by atoms with E-state index in [0.717, 1.165) is 33.8 Å². The topological polar surface area (TPSA) is 76.5 Å². The van der Waals surface area contributed by atoms with Crippen LogP contribution in [0.2, 0.25) is 0 Å². The molecule has 1 unspecified atom stereocenters. The molecule has 24 heavy (non-hydrogen) atoms. The Bertz CT molecular complexity index is 898. The predicted octanol–water partition coefficient (Wildman–Crippen LogP) is 2.68. The summed E-state index contributed by atoms with van der Waals surface area (Å²) in [4.78, 5) is 8.98. The number of hydrogen-bond donors (Lipinski definition) is 2. The second kappa shape index (κ2) is 5.98. The van der Waals surface area contributed by atoms with Crippen LogP contribution in [-0.2, 0) is 6.42 Å². The highest BCUT2D eigenvalue weighted by atomic mass is 16.5. The zero-order valence-electron chi connectivity index (χ0n) is 13.2. The summed E-state index contributed by atoms with van der Waals surface area (Å²) < 4.78 is 11.2. The SMILES string of the molecule is COc1cc2c(c(Nc3cnc4ccccc4n3)c1)OC(CO)C2. The number of nitrogens with zero attached hydrogens (tertiary/aromatic N) is 2. The van der Waals surface area contributed by atoms with E-state index in [9.17, 15) is 5.11 Å². The van der Waals surface area contributed by atoms with Gasteiger partial charge >= 0.3 is 0 Å². The molecular weight excluding hydrogens is 306 g/mol. The van der Waals surface area contributed by atoms with Gasteiger partial charge in [0, 0.05) is 18.1 Å². The molecule has 0 bridgehead atoms. The Balaban J connectivity index is 1.72. The van der Waals surface area contributed by atoms with Crippen molar-refractivity contribution in [2.24, 2.45) is 0 Å². The highest BCUT2D eigenvalue weighted by molar-refractivity contribution is 5.77. The molecule has 0 saturated heterocycles. The molecule has 0 amide bonds. The van der Waals surface area contributed by atoms with Crippen molar-refractivity contribution in [2.45, 2.75) is 12.5 Å². The molecule has 2 N–H and O–H groups in total. The number of nitrogens with one attached hydrogen (secondary N) is 1. The maximum absolute atomic E-state index is 9.36. The van der Waals surface area contributed by atoms with Crippen LogP contribution in [0.5, 0.6) is 11.5 Å². The van der Waals surface area contributed by atoms with E-state index in [1.807, 2.05) is 36.4 Å². The minimum absolute atomic E-state index is 0.0216. The maximum Gasteiger partial charge on any atom is 0.149 e. The lowest BCUT2D eigenvalue weighted by Gasteiger charge is -2.13. The minimum Gasteiger partial charge on any atom is -0.497 e. The lowest BCUT2D eigenvalue weighted by Crippen LogP contribution is -2.17. The first-order valence-electron chi connectivity index (χ1n) is 7.74. The monoisotopic (exact) mass is 323 g/mol. The van der Waals surface area contributed by atoms with Crippen LogP contribution < -0.4 is 14.8 Å². The zero-order chi connectivity index (χ0) is 16.5. The van der Waals surface area contributed by atoms with Gasteiger partial charge in [-0.2, -0.15) is 0 Å². The lowest BCUT2D eigenvalue weighted by molar-refractivity contribution is 0.135. The molecule has 2 heterocycles. The largest absolute Gasteiger partial charge is 0.497 e. The number of rotatable bonds is 4. The van der Waals surface area contributed by atoms with Gasteiger partial charge in [-0.25, -0.2) is 4.98 Å². The fraction of sp³-hybridized carbons (Fsp3) is 0.222. The van der Waals surface area contributed by atoms with Crippen molar-refractivity contribution in [1.82, 2.24) is 9.97 Å². The third-order valence-corrected chi connectivity index (χ3v) is 4.02. The van der Waals surface area contributed by atoms with Gasteiger partial charge in [0.05, 0.1) is 36.6 Å². The lowest BCUT2D eigenvalue weighted by atomic mass is 10.1. The van der Waals surface area contributed by atoms with E-state index >= 15 is 0 Å². The zero-order valence-corrected chi connectivity index (χ0v) is 13.2. The van der Waals surface area contributed by atoms with Gasteiger partial charge in [0.25, 0.3) is 0 Å². The van der Waals surface area contributed by atoms with Gasteiger partial charge in [-0.05, 0) is 18.2 Å². The molecule has 3 aromatic rings. The average Bonchev–Trinajstić information content (AvgIpc) is 3.05. The first kappa shape index (κ1) is 14.7. The van der Waals surface area contributed by atoms with E-state index in [1.165, 1.54) is 0 Å². The molecule has 1 aliphatic rings. The summed E-state index contributed by atoms with van der Waals surface area (Å²) >= 11 is 0. The summed E-state index contributed by atoms with van der Waals surface area (Å²) in [5, 5.41) is 12.6. The highest BCUT2D eigenvalue weighted by Crippen LogP contribution is 2.40. The van der Waals surface area contributed by atoms with Crippen molar-refractivity contribution >= 4 is 22.5 Å². The number of anilines is 2. The summed E-state index contributed by atoms with van der Waals surface area (Å²) in [5.41, 5.74) is 3.42. The van der Waals surface area contributed by atoms with Crippen molar-refractivity contribution in [1.29, 1.82) is 0 Å². The Morgan fingerprint density at radius 2 is 2.12 bits per heavy atom. The van der Waals surface area contributed by atoms with Crippen molar-refractivity contribution in [3.05, 3.63) is 48.2 Å². The van der Waals surface area contributed by atoms with Crippen LogP contribution in [-0.4, -0.2) is 34.9 Å². The molecule has 0 fully saturated rings. The molecule has 1 aromatic heterocycles. The van der Waals surface area contributed by atoms with Crippen LogP contribution in [0, 0.1) is 0 Å². The Hall–Kier alpha value is -2.86. The van der Waals surface area contributed by atoms with Crippen molar-refractivity contribution < 1.29 is 14.6 Å². The quantitative estimate of drug-likeness (QED) is 0.769. The van der Waals surface area contributed by atoms with E-state index in [4.69, 9.17) is 9.47 Å². The Morgan fingerprint density at radius 3 is 2.92 bits per heavy atom. The fourth-order valence-electron chi connectivity index (χ4n) is 2.87. The third-order valence-electron chi connectivity index (χ3n) is 4.02. The summed E-state index contributed by atoms with van der Waals surface area (Å²) in [6.07, 6.45) is 2.11. The Morgan fingerprint density at radius 1 is 1.29 bits per heavy atom. The van der Waals surface area contributed by atoms with Gasteiger partial charge in [0.15, 0.2) is 0 Å². The minimum atomic E-state index is -0.227. The van der Waals surface area contributed by atoms with Crippen molar-refractivity contribution in [3.8, 4) is 11.5 Å². The number of aliphatic hydroxyl groups excluding tert-OH is 1. The molecule has 0 spiro atoms. The molecule has 6 heteroatoms. The number of aromatic nitrogens is 2. The van der Waals surface area contributed by atoms with Gasteiger partial charge in [-0.3, -0.25) is 4.98 Å². The van der Waals surface area contributed by atoms with Crippen LogP contribution >= 0.6 is 0 Å². The third kappa shape index (κ3) is 2.61. The van der Waals surface area contributed by atoms with Crippen LogP contribution in [0.15, 0.2) is 42.6 Å². The van der Waals surface area contributed by atoms with Gasteiger partial charge in [0.1, 0.15) is 23.4 Å². The van der Waals surface area contributed by atoms with E-state index in [1.54, 1.807) is 13.3 Å². The highest BCUT2D eigenvalue weighted by Gasteiger charge is 2.26.